The van der Waals surface area contributed by atoms with Crippen molar-refractivity contribution in [3.05, 3.63) is 34.9 Å². The molecule has 0 aromatic heterocycles. The summed E-state index contributed by atoms with van der Waals surface area (Å²) in [5.74, 6) is -1.10. The van der Waals surface area contributed by atoms with Crippen molar-refractivity contribution >= 4 is 5.78 Å². The molecule has 0 aliphatic rings. The van der Waals surface area contributed by atoms with Gasteiger partial charge in [0.05, 0.1) is 23.6 Å². The van der Waals surface area contributed by atoms with E-state index in [1.54, 1.807) is 0 Å². The van der Waals surface area contributed by atoms with Crippen LogP contribution in [0, 0.1) is 11.3 Å². The van der Waals surface area contributed by atoms with Crippen LogP contribution in [0.2, 0.25) is 0 Å². The standard InChI is InChI=1S/C11H5F6NO/c12-10(13,14)7-3-6(9(19)1-2-18)4-8(5-7)11(15,16)17/h3-5H,1H2. The quantitative estimate of drug-likeness (QED) is 0.610. The molecule has 0 saturated heterocycles. The normalized spacial score (nSPS) is 12.1. The number of alkyl halides is 6. The zero-order valence-corrected chi connectivity index (χ0v) is 9.06. The van der Waals surface area contributed by atoms with Crippen molar-refractivity contribution in [1.82, 2.24) is 0 Å². The predicted octanol–water partition coefficient (Wildman–Crippen LogP) is 3.82. The van der Waals surface area contributed by atoms with Crippen molar-refractivity contribution in [3.8, 4) is 6.07 Å². The second kappa shape index (κ2) is 4.91. The van der Waals surface area contributed by atoms with Crippen LogP contribution in [0.4, 0.5) is 26.3 Å². The number of carbonyl (C=O) groups is 1. The number of halogens is 6. The summed E-state index contributed by atoms with van der Waals surface area (Å²) >= 11 is 0. The second-order valence-electron chi connectivity index (χ2n) is 3.55. The molecule has 0 saturated carbocycles. The van der Waals surface area contributed by atoms with Crippen LogP contribution in [0.3, 0.4) is 0 Å². The van der Waals surface area contributed by atoms with Gasteiger partial charge >= 0.3 is 12.4 Å². The van der Waals surface area contributed by atoms with E-state index in [0.717, 1.165) is 0 Å². The van der Waals surface area contributed by atoms with E-state index >= 15 is 0 Å². The number of nitriles is 1. The van der Waals surface area contributed by atoms with Crippen LogP contribution in [0.1, 0.15) is 27.9 Å². The molecule has 1 aromatic rings. The van der Waals surface area contributed by atoms with E-state index in [-0.39, 0.29) is 6.07 Å². The molecule has 0 radical (unpaired) electrons. The molecule has 0 heterocycles. The average Bonchev–Trinajstić information content (AvgIpc) is 2.26. The van der Waals surface area contributed by atoms with Crippen molar-refractivity contribution in [3.63, 3.8) is 0 Å². The molecule has 0 bridgehead atoms. The fourth-order valence-corrected chi connectivity index (χ4v) is 1.29. The van der Waals surface area contributed by atoms with Crippen molar-refractivity contribution in [2.24, 2.45) is 0 Å². The number of hydrogen-bond donors (Lipinski definition) is 0. The van der Waals surface area contributed by atoms with Gasteiger partial charge in [-0.15, -0.1) is 0 Å². The molecule has 0 fully saturated rings. The third-order valence-corrected chi connectivity index (χ3v) is 2.15. The molecule has 2 nitrogen and oxygen atoms in total. The number of ketones is 1. The number of carbonyl (C=O) groups excluding carboxylic acids is 1. The third kappa shape index (κ3) is 3.71. The highest BCUT2D eigenvalue weighted by Crippen LogP contribution is 2.36. The van der Waals surface area contributed by atoms with Crippen LogP contribution in [0.25, 0.3) is 0 Å². The first-order chi connectivity index (χ1) is 8.55. The summed E-state index contributed by atoms with van der Waals surface area (Å²) in [5.41, 5.74) is -3.95. The molecule has 1 rings (SSSR count). The third-order valence-electron chi connectivity index (χ3n) is 2.15. The Morgan fingerprint density at radius 1 is 1.00 bits per heavy atom. The Morgan fingerprint density at radius 3 is 1.74 bits per heavy atom. The molecule has 0 aliphatic heterocycles. The first-order valence-corrected chi connectivity index (χ1v) is 4.75. The molecule has 0 amide bonds. The smallest absolute Gasteiger partial charge is 0.293 e. The van der Waals surface area contributed by atoms with Gasteiger partial charge in [0.15, 0.2) is 5.78 Å². The SMILES string of the molecule is N#CCC(=O)c1cc(C(F)(F)F)cc(C(F)(F)F)c1. The van der Waals surface area contributed by atoms with Gasteiger partial charge in [0.1, 0.15) is 0 Å². The van der Waals surface area contributed by atoms with Crippen molar-refractivity contribution in [2.45, 2.75) is 18.8 Å². The van der Waals surface area contributed by atoms with Gasteiger partial charge in [0.2, 0.25) is 0 Å². The summed E-state index contributed by atoms with van der Waals surface area (Å²) in [5, 5.41) is 8.24. The Balaban J connectivity index is 3.42. The van der Waals surface area contributed by atoms with Gasteiger partial charge in [-0.1, -0.05) is 0 Å². The predicted molar refractivity (Wildman–Crippen MR) is 51.0 cm³/mol. The fraction of sp³-hybridized carbons (Fsp3) is 0.273. The average molecular weight is 281 g/mol. The molecule has 0 aliphatic carbocycles. The minimum atomic E-state index is -5.01. The molecule has 0 unspecified atom stereocenters. The zero-order chi connectivity index (χ0) is 14.8. The lowest BCUT2D eigenvalue weighted by atomic mass is 10.0. The molecule has 19 heavy (non-hydrogen) atoms. The summed E-state index contributed by atoms with van der Waals surface area (Å²) in [6.07, 6.45) is -10.8. The molecule has 102 valence electrons. The van der Waals surface area contributed by atoms with Crippen LogP contribution in [-0.4, -0.2) is 5.78 Å². The van der Waals surface area contributed by atoms with Gasteiger partial charge in [0.25, 0.3) is 0 Å². The van der Waals surface area contributed by atoms with Gasteiger partial charge in [-0.05, 0) is 18.2 Å². The van der Waals surface area contributed by atoms with E-state index in [1.165, 1.54) is 6.07 Å². The van der Waals surface area contributed by atoms with E-state index < -0.39 is 41.2 Å². The van der Waals surface area contributed by atoms with Gasteiger partial charge in [-0.3, -0.25) is 4.79 Å². The minimum absolute atomic E-state index is 0.0802. The molecule has 8 heteroatoms. The summed E-state index contributed by atoms with van der Waals surface area (Å²) in [7, 11) is 0. The highest BCUT2D eigenvalue weighted by Gasteiger charge is 2.37. The van der Waals surface area contributed by atoms with E-state index in [2.05, 4.69) is 0 Å². The summed E-state index contributed by atoms with van der Waals surface area (Å²) < 4.78 is 74.6. The highest BCUT2D eigenvalue weighted by molar-refractivity contribution is 5.97. The largest absolute Gasteiger partial charge is 0.416 e. The number of hydrogen-bond acceptors (Lipinski definition) is 2. The molecule has 0 spiro atoms. The Hall–Kier alpha value is -2.04. The first-order valence-electron chi connectivity index (χ1n) is 4.75. The molecule has 0 atom stereocenters. The van der Waals surface area contributed by atoms with Gasteiger partial charge < -0.3 is 0 Å². The summed E-state index contributed by atoms with van der Waals surface area (Å²) in [4.78, 5) is 11.2. The second-order valence-corrected chi connectivity index (χ2v) is 3.55. The number of Topliss-reactive ketones (excluding diaryl/α,β-unsaturated/α-hetero) is 1. The van der Waals surface area contributed by atoms with Crippen LogP contribution >= 0.6 is 0 Å². The molecule has 1 aromatic carbocycles. The van der Waals surface area contributed by atoms with Crippen molar-refractivity contribution in [1.29, 1.82) is 5.26 Å². The summed E-state index contributed by atoms with van der Waals surface area (Å²) in [6.45, 7) is 0. The van der Waals surface area contributed by atoms with E-state index in [1.807, 2.05) is 0 Å². The molecular weight excluding hydrogens is 276 g/mol. The maximum Gasteiger partial charge on any atom is 0.416 e. The zero-order valence-electron chi connectivity index (χ0n) is 9.06. The van der Waals surface area contributed by atoms with E-state index in [9.17, 15) is 31.1 Å². The van der Waals surface area contributed by atoms with Gasteiger partial charge in [-0.25, -0.2) is 0 Å². The lowest BCUT2D eigenvalue weighted by Crippen LogP contribution is -2.13. The first kappa shape index (κ1) is 15.0. The minimum Gasteiger partial charge on any atom is -0.293 e. The maximum absolute atomic E-state index is 12.4. The maximum atomic E-state index is 12.4. The van der Waals surface area contributed by atoms with Crippen LogP contribution in [-0.2, 0) is 12.4 Å². The highest BCUT2D eigenvalue weighted by atomic mass is 19.4. The van der Waals surface area contributed by atoms with Crippen LogP contribution in [0.15, 0.2) is 18.2 Å². The van der Waals surface area contributed by atoms with Crippen LogP contribution in [0.5, 0.6) is 0 Å². The Labute approximate surface area is 103 Å². The van der Waals surface area contributed by atoms with Gasteiger partial charge in [-0.2, -0.15) is 31.6 Å². The Bertz CT molecular complexity index is 505. The van der Waals surface area contributed by atoms with Crippen molar-refractivity contribution in [2.75, 3.05) is 0 Å². The van der Waals surface area contributed by atoms with Gasteiger partial charge in [0, 0.05) is 5.56 Å². The Kier molecular flexibility index (Phi) is 3.88. The Morgan fingerprint density at radius 2 is 1.42 bits per heavy atom. The van der Waals surface area contributed by atoms with Crippen molar-refractivity contribution < 1.29 is 31.1 Å². The molecule has 0 N–H and O–H groups in total. The van der Waals surface area contributed by atoms with Crippen LogP contribution < -0.4 is 0 Å². The van der Waals surface area contributed by atoms with E-state index in [4.69, 9.17) is 5.26 Å². The number of nitrogens with zero attached hydrogens (tertiary/aromatic N) is 1. The fourth-order valence-electron chi connectivity index (χ4n) is 1.29. The topological polar surface area (TPSA) is 40.9 Å². The monoisotopic (exact) mass is 281 g/mol. The summed E-state index contributed by atoms with van der Waals surface area (Å²) in [6, 6.07) is 1.89. The lowest BCUT2D eigenvalue weighted by molar-refractivity contribution is -0.143. The number of rotatable bonds is 2. The van der Waals surface area contributed by atoms with E-state index in [0.29, 0.717) is 12.1 Å². The lowest BCUT2D eigenvalue weighted by Gasteiger charge is -2.13. The number of benzene rings is 1. The molecular formula is C11H5F6NO.